The Morgan fingerprint density at radius 1 is 0.875 bits per heavy atom. The molecule has 0 saturated heterocycles. The Morgan fingerprint density at radius 2 is 1.59 bits per heavy atom. The lowest BCUT2D eigenvalue weighted by molar-refractivity contribution is 0.0954. The molecule has 1 aliphatic heterocycles. The zero-order chi connectivity index (χ0) is 22.2. The summed E-state index contributed by atoms with van der Waals surface area (Å²) in [6.07, 6.45) is 0.979. The van der Waals surface area contributed by atoms with Crippen molar-refractivity contribution in [2.45, 2.75) is 25.6 Å². The van der Waals surface area contributed by atoms with Crippen LogP contribution in [0.5, 0.6) is 5.75 Å². The molecule has 1 heterocycles. The molecule has 164 valence electrons. The van der Waals surface area contributed by atoms with Gasteiger partial charge in [0.1, 0.15) is 18.5 Å². The first-order valence-electron chi connectivity index (χ1n) is 10.7. The van der Waals surface area contributed by atoms with Gasteiger partial charge in [0, 0.05) is 18.5 Å². The second kappa shape index (κ2) is 10.5. The van der Waals surface area contributed by atoms with Crippen molar-refractivity contribution in [2.24, 2.45) is 0 Å². The van der Waals surface area contributed by atoms with E-state index in [2.05, 4.69) is 10.6 Å². The van der Waals surface area contributed by atoms with Crippen molar-refractivity contribution >= 4 is 12.0 Å². The van der Waals surface area contributed by atoms with Crippen molar-refractivity contribution in [3.05, 3.63) is 101 Å². The zero-order valence-electron chi connectivity index (χ0n) is 17.8. The molecule has 3 aromatic rings. The van der Waals surface area contributed by atoms with E-state index in [0.29, 0.717) is 18.7 Å². The number of carbonyl (C=O) groups is 2. The van der Waals surface area contributed by atoms with Crippen LogP contribution in [-0.4, -0.2) is 31.2 Å². The minimum absolute atomic E-state index is 0.0679. The summed E-state index contributed by atoms with van der Waals surface area (Å²) in [7, 11) is 0. The van der Waals surface area contributed by atoms with Gasteiger partial charge in [-0.15, -0.1) is 0 Å². The summed E-state index contributed by atoms with van der Waals surface area (Å²) in [4.78, 5) is 24.1. The summed E-state index contributed by atoms with van der Waals surface area (Å²) in [6, 6.07) is 24.9. The van der Waals surface area contributed by atoms with Crippen molar-refractivity contribution in [2.75, 3.05) is 13.1 Å². The maximum Gasteiger partial charge on any atom is 0.407 e. The number of hydrogen-bond acceptors (Lipinski definition) is 4. The third-order valence-electron chi connectivity index (χ3n) is 5.32. The Hall–Kier alpha value is -3.80. The lowest BCUT2D eigenvalue weighted by atomic mass is 10.1. The topological polar surface area (TPSA) is 76.7 Å². The average molecular weight is 431 g/mol. The van der Waals surface area contributed by atoms with Crippen LogP contribution >= 0.6 is 0 Å². The highest BCUT2D eigenvalue weighted by Crippen LogP contribution is 2.27. The number of benzene rings is 3. The second-order valence-corrected chi connectivity index (χ2v) is 7.70. The average Bonchev–Trinajstić information content (AvgIpc) is 3.26. The van der Waals surface area contributed by atoms with Crippen LogP contribution in [0.15, 0.2) is 78.9 Å². The van der Waals surface area contributed by atoms with E-state index in [1.54, 1.807) is 12.1 Å². The minimum atomic E-state index is -0.461. The number of amides is 2. The molecular weight excluding hydrogens is 404 g/mol. The molecule has 0 bridgehead atoms. The Bertz CT molecular complexity index is 1030. The predicted molar refractivity (Wildman–Crippen MR) is 122 cm³/mol. The zero-order valence-corrected chi connectivity index (χ0v) is 17.8. The van der Waals surface area contributed by atoms with E-state index in [9.17, 15) is 9.59 Å². The van der Waals surface area contributed by atoms with E-state index >= 15 is 0 Å². The summed E-state index contributed by atoms with van der Waals surface area (Å²) in [6.45, 7) is 1.16. The van der Waals surface area contributed by atoms with Crippen LogP contribution in [0.4, 0.5) is 4.79 Å². The molecule has 0 spiro atoms. The molecule has 0 fully saturated rings. The fraction of sp³-hybridized carbons (Fsp3) is 0.231. The van der Waals surface area contributed by atoms with E-state index in [4.69, 9.17) is 9.47 Å². The predicted octanol–water partition coefficient (Wildman–Crippen LogP) is 3.89. The van der Waals surface area contributed by atoms with Gasteiger partial charge < -0.3 is 20.1 Å². The Balaban J connectivity index is 1.13. The fourth-order valence-corrected chi connectivity index (χ4v) is 3.58. The first-order valence-corrected chi connectivity index (χ1v) is 10.7. The third-order valence-corrected chi connectivity index (χ3v) is 5.32. The normalized spacial score (nSPS) is 14.2. The van der Waals surface area contributed by atoms with Crippen LogP contribution in [0.1, 0.15) is 27.0 Å². The number of fused-ring (bicyclic) bond motifs is 1. The van der Waals surface area contributed by atoms with Gasteiger partial charge in [0.25, 0.3) is 5.91 Å². The molecule has 4 rings (SSSR count). The molecule has 0 saturated carbocycles. The van der Waals surface area contributed by atoms with Crippen LogP contribution < -0.4 is 15.4 Å². The number of ether oxygens (including phenoxy) is 2. The number of nitrogens with one attached hydrogen (secondary N) is 2. The number of rotatable bonds is 8. The van der Waals surface area contributed by atoms with Gasteiger partial charge in [-0.2, -0.15) is 0 Å². The molecule has 32 heavy (non-hydrogen) atoms. The molecule has 0 radical (unpaired) electrons. The largest absolute Gasteiger partial charge is 0.488 e. The van der Waals surface area contributed by atoms with Crippen molar-refractivity contribution in [1.29, 1.82) is 0 Å². The smallest absolute Gasteiger partial charge is 0.407 e. The lowest BCUT2D eigenvalue weighted by Gasteiger charge is -2.12. The van der Waals surface area contributed by atoms with Gasteiger partial charge in [0.05, 0.1) is 6.54 Å². The van der Waals surface area contributed by atoms with Crippen LogP contribution in [0, 0.1) is 0 Å². The maximum absolute atomic E-state index is 12.1. The number of hydrogen-bond donors (Lipinski definition) is 2. The van der Waals surface area contributed by atoms with Crippen LogP contribution in [0.25, 0.3) is 0 Å². The van der Waals surface area contributed by atoms with Gasteiger partial charge in [-0.05, 0) is 41.3 Å². The van der Waals surface area contributed by atoms with Crippen molar-refractivity contribution < 1.29 is 19.1 Å². The van der Waals surface area contributed by atoms with E-state index < -0.39 is 6.09 Å². The van der Waals surface area contributed by atoms with Gasteiger partial charge in [0.15, 0.2) is 0 Å². The van der Waals surface area contributed by atoms with Crippen LogP contribution in [0.2, 0.25) is 0 Å². The molecule has 1 unspecified atom stereocenters. The Kier molecular flexibility index (Phi) is 7.02. The second-order valence-electron chi connectivity index (χ2n) is 7.70. The van der Waals surface area contributed by atoms with Gasteiger partial charge in [-0.1, -0.05) is 60.7 Å². The first-order chi connectivity index (χ1) is 15.7. The van der Waals surface area contributed by atoms with Gasteiger partial charge in [0.2, 0.25) is 0 Å². The van der Waals surface area contributed by atoms with Crippen LogP contribution in [0.3, 0.4) is 0 Å². The van der Waals surface area contributed by atoms with E-state index in [1.165, 1.54) is 0 Å². The molecule has 3 aromatic carbocycles. The van der Waals surface area contributed by atoms with Crippen LogP contribution in [-0.2, 0) is 24.2 Å². The SMILES string of the molecule is O=C(NCC1Cc2ccccc2O1)OCc1ccc(CCNC(=O)c2ccccc2)cc1. The summed E-state index contributed by atoms with van der Waals surface area (Å²) in [5.41, 5.74) is 3.82. The molecule has 2 N–H and O–H groups in total. The quantitative estimate of drug-likeness (QED) is 0.569. The molecular formula is C26H26N2O4. The molecule has 1 aliphatic rings. The Labute approximate surface area is 187 Å². The van der Waals surface area contributed by atoms with Gasteiger partial charge in [-0.3, -0.25) is 4.79 Å². The minimum Gasteiger partial charge on any atom is -0.488 e. The maximum atomic E-state index is 12.1. The van der Waals surface area contributed by atoms with Gasteiger partial charge >= 0.3 is 6.09 Å². The monoisotopic (exact) mass is 430 g/mol. The standard InChI is InChI=1S/C26H26N2O4/c29-25(21-6-2-1-3-7-21)27-15-14-19-10-12-20(13-11-19)18-31-26(30)28-17-23-16-22-8-4-5-9-24(22)32-23/h1-13,23H,14-18H2,(H,27,29)(H,28,30). The molecule has 2 amide bonds. The highest BCUT2D eigenvalue weighted by molar-refractivity contribution is 5.94. The van der Waals surface area contributed by atoms with Crippen molar-refractivity contribution in [3.8, 4) is 5.75 Å². The lowest BCUT2D eigenvalue weighted by Crippen LogP contribution is -2.34. The third kappa shape index (κ3) is 5.88. The highest BCUT2D eigenvalue weighted by atomic mass is 16.5. The van der Waals surface area contributed by atoms with E-state index in [1.807, 2.05) is 66.7 Å². The summed E-state index contributed by atoms with van der Waals surface area (Å²) in [5, 5.41) is 5.69. The van der Waals surface area contributed by atoms with E-state index in [0.717, 1.165) is 35.3 Å². The molecule has 6 heteroatoms. The number of alkyl carbamates (subject to hydrolysis) is 1. The van der Waals surface area contributed by atoms with Crippen molar-refractivity contribution in [3.63, 3.8) is 0 Å². The first kappa shape index (κ1) is 21.4. The van der Waals surface area contributed by atoms with E-state index in [-0.39, 0.29) is 18.6 Å². The molecule has 1 atom stereocenters. The number of carbonyl (C=O) groups excluding carboxylic acids is 2. The summed E-state index contributed by atoms with van der Waals surface area (Å²) >= 11 is 0. The summed E-state index contributed by atoms with van der Waals surface area (Å²) < 4.78 is 11.1. The number of para-hydroxylation sites is 1. The summed E-state index contributed by atoms with van der Waals surface area (Å²) in [5.74, 6) is 0.806. The molecule has 6 nitrogen and oxygen atoms in total. The Morgan fingerprint density at radius 3 is 2.38 bits per heavy atom. The van der Waals surface area contributed by atoms with Crippen molar-refractivity contribution in [1.82, 2.24) is 10.6 Å². The molecule has 0 aliphatic carbocycles. The van der Waals surface area contributed by atoms with Gasteiger partial charge in [-0.25, -0.2) is 4.79 Å². The molecule has 0 aromatic heterocycles. The fourth-order valence-electron chi connectivity index (χ4n) is 3.58. The highest BCUT2D eigenvalue weighted by Gasteiger charge is 2.22.